The van der Waals surface area contributed by atoms with Gasteiger partial charge in [0.05, 0.1) is 6.04 Å². The normalized spacial score (nSPS) is 15.9. The van der Waals surface area contributed by atoms with Gasteiger partial charge in [-0.15, -0.1) is 11.3 Å². The fraction of sp³-hybridized carbons (Fsp3) is 0.600. The largest absolute Gasteiger partial charge is 0.302 e. The third kappa shape index (κ3) is 3.03. The fourth-order valence-electron chi connectivity index (χ4n) is 1.24. The number of halogens is 2. The summed E-state index contributed by atoms with van der Waals surface area (Å²) in [6.45, 7) is 5.42. The van der Waals surface area contributed by atoms with Crippen LogP contribution in [0.4, 0.5) is 8.78 Å². The van der Waals surface area contributed by atoms with Gasteiger partial charge in [0, 0.05) is 15.8 Å². The Morgan fingerprint density at radius 2 is 1.93 bits per heavy atom. The second-order valence-electron chi connectivity index (χ2n) is 3.46. The Bertz CT molecular complexity index is 285. The minimum Gasteiger partial charge on any atom is -0.302 e. The van der Waals surface area contributed by atoms with Crippen molar-refractivity contribution in [1.82, 2.24) is 5.32 Å². The van der Waals surface area contributed by atoms with Crippen LogP contribution in [0.15, 0.2) is 12.1 Å². The minimum atomic E-state index is -2.31. The van der Waals surface area contributed by atoms with Crippen LogP contribution < -0.4 is 5.32 Å². The molecular weight excluding hydrogens is 204 g/mol. The molecule has 14 heavy (non-hydrogen) atoms. The van der Waals surface area contributed by atoms with Gasteiger partial charge >= 0.3 is 0 Å². The summed E-state index contributed by atoms with van der Waals surface area (Å²) >= 11 is 1.64. The van der Waals surface area contributed by atoms with Gasteiger partial charge in [0.15, 0.2) is 0 Å². The van der Waals surface area contributed by atoms with Crippen LogP contribution in [0.2, 0.25) is 0 Å². The standard InChI is InChI=1S/C10H15F2NS/c1-6-4-5-9(14-6)7(2)13-8(3)10(11)12/h4-5,7-8,10,13H,1-3H3. The Balaban J connectivity index is 2.54. The van der Waals surface area contributed by atoms with Gasteiger partial charge in [0.2, 0.25) is 0 Å². The van der Waals surface area contributed by atoms with E-state index in [9.17, 15) is 8.78 Å². The molecule has 0 saturated carbocycles. The highest BCUT2D eigenvalue weighted by molar-refractivity contribution is 7.12. The van der Waals surface area contributed by atoms with Crippen molar-refractivity contribution in [3.8, 4) is 0 Å². The van der Waals surface area contributed by atoms with Crippen molar-refractivity contribution < 1.29 is 8.78 Å². The zero-order chi connectivity index (χ0) is 10.7. The van der Waals surface area contributed by atoms with Crippen LogP contribution in [-0.4, -0.2) is 12.5 Å². The number of aryl methyl sites for hydroxylation is 1. The molecule has 0 aromatic carbocycles. The predicted molar refractivity (Wildman–Crippen MR) is 56.1 cm³/mol. The lowest BCUT2D eigenvalue weighted by atomic mass is 10.2. The van der Waals surface area contributed by atoms with E-state index in [0.717, 1.165) is 4.88 Å². The third-order valence-electron chi connectivity index (χ3n) is 2.08. The van der Waals surface area contributed by atoms with Gasteiger partial charge in [0.1, 0.15) is 0 Å². The molecule has 1 aromatic rings. The van der Waals surface area contributed by atoms with Crippen LogP contribution in [0.5, 0.6) is 0 Å². The number of alkyl halides is 2. The maximum absolute atomic E-state index is 12.3. The molecule has 0 aliphatic rings. The summed E-state index contributed by atoms with van der Waals surface area (Å²) in [7, 11) is 0. The van der Waals surface area contributed by atoms with E-state index in [1.165, 1.54) is 11.8 Å². The number of rotatable bonds is 4. The van der Waals surface area contributed by atoms with Gasteiger partial charge in [-0.25, -0.2) is 8.78 Å². The van der Waals surface area contributed by atoms with E-state index in [2.05, 4.69) is 5.32 Å². The molecule has 1 aromatic heterocycles. The Hall–Kier alpha value is -0.480. The molecule has 1 rings (SSSR count). The summed E-state index contributed by atoms with van der Waals surface area (Å²) in [6.07, 6.45) is -2.31. The molecule has 0 spiro atoms. The molecule has 0 aliphatic carbocycles. The van der Waals surface area contributed by atoms with Crippen molar-refractivity contribution in [3.63, 3.8) is 0 Å². The van der Waals surface area contributed by atoms with Crippen LogP contribution in [0.1, 0.15) is 29.6 Å². The molecule has 2 atom stereocenters. The van der Waals surface area contributed by atoms with Gasteiger partial charge in [-0.05, 0) is 32.9 Å². The van der Waals surface area contributed by atoms with Crippen molar-refractivity contribution in [2.45, 2.75) is 39.3 Å². The van der Waals surface area contributed by atoms with Gasteiger partial charge in [-0.2, -0.15) is 0 Å². The summed E-state index contributed by atoms with van der Waals surface area (Å²) in [6, 6.07) is 3.23. The second kappa shape index (κ2) is 4.84. The van der Waals surface area contributed by atoms with E-state index in [1.807, 2.05) is 26.0 Å². The lowest BCUT2D eigenvalue weighted by Gasteiger charge is -2.18. The van der Waals surface area contributed by atoms with Gasteiger partial charge in [-0.3, -0.25) is 0 Å². The molecule has 4 heteroatoms. The van der Waals surface area contributed by atoms with E-state index in [1.54, 1.807) is 11.3 Å². The molecule has 0 radical (unpaired) electrons. The first-order chi connectivity index (χ1) is 6.50. The SMILES string of the molecule is Cc1ccc(C(C)NC(C)C(F)F)s1. The Kier molecular flexibility index (Phi) is 4.01. The summed E-state index contributed by atoms with van der Waals surface area (Å²) in [5.74, 6) is 0. The van der Waals surface area contributed by atoms with E-state index < -0.39 is 12.5 Å². The van der Waals surface area contributed by atoms with Crippen molar-refractivity contribution in [3.05, 3.63) is 21.9 Å². The zero-order valence-electron chi connectivity index (χ0n) is 8.55. The van der Waals surface area contributed by atoms with Crippen LogP contribution >= 0.6 is 11.3 Å². The predicted octanol–water partition coefficient (Wildman–Crippen LogP) is 3.36. The van der Waals surface area contributed by atoms with Gasteiger partial charge < -0.3 is 5.32 Å². The van der Waals surface area contributed by atoms with E-state index in [-0.39, 0.29) is 6.04 Å². The summed E-state index contributed by atoms with van der Waals surface area (Å²) in [5.41, 5.74) is 0. The van der Waals surface area contributed by atoms with Crippen LogP contribution in [0.25, 0.3) is 0 Å². The quantitative estimate of drug-likeness (QED) is 0.818. The van der Waals surface area contributed by atoms with E-state index in [4.69, 9.17) is 0 Å². The summed E-state index contributed by atoms with van der Waals surface area (Å²) in [4.78, 5) is 2.31. The zero-order valence-corrected chi connectivity index (χ0v) is 9.37. The van der Waals surface area contributed by atoms with Gasteiger partial charge in [0.25, 0.3) is 6.43 Å². The number of hydrogen-bond donors (Lipinski definition) is 1. The average Bonchev–Trinajstić information content (AvgIpc) is 2.51. The highest BCUT2D eigenvalue weighted by Gasteiger charge is 2.17. The molecule has 0 fully saturated rings. The Morgan fingerprint density at radius 3 is 2.36 bits per heavy atom. The molecule has 0 aliphatic heterocycles. The highest BCUT2D eigenvalue weighted by Crippen LogP contribution is 2.23. The first-order valence-electron chi connectivity index (χ1n) is 4.61. The molecule has 80 valence electrons. The molecule has 1 N–H and O–H groups in total. The Labute approximate surface area is 87.1 Å². The monoisotopic (exact) mass is 219 g/mol. The Morgan fingerprint density at radius 1 is 1.29 bits per heavy atom. The van der Waals surface area contributed by atoms with Crippen molar-refractivity contribution in [2.24, 2.45) is 0 Å². The van der Waals surface area contributed by atoms with E-state index in [0.29, 0.717) is 0 Å². The smallest absolute Gasteiger partial charge is 0.253 e. The van der Waals surface area contributed by atoms with E-state index >= 15 is 0 Å². The summed E-state index contributed by atoms with van der Waals surface area (Å²) < 4.78 is 24.5. The number of hydrogen-bond acceptors (Lipinski definition) is 2. The average molecular weight is 219 g/mol. The number of nitrogens with one attached hydrogen (secondary N) is 1. The fourth-order valence-corrected chi connectivity index (χ4v) is 2.12. The van der Waals surface area contributed by atoms with Gasteiger partial charge in [-0.1, -0.05) is 0 Å². The van der Waals surface area contributed by atoms with Crippen LogP contribution in [-0.2, 0) is 0 Å². The number of thiophene rings is 1. The maximum Gasteiger partial charge on any atom is 0.253 e. The van der Waals surface area contributed by atoms with Crippen molar-refractivity contribution in [1.29, 1.82) is 0 Å². The van der Waals surface area contributed by atoms with Crippen molar-refractivity contribution >= 4 is 11.3 Å². The lowest BCUT2D eigenvalue weighted by molar-refractivity contribution is 0.101. The minimum absolute atomic E-state index is 0.00213. The maximum atomic E-state index is 12.3. The molecule has 1 heterocycles. The second-order valence-corrected chi connectivity index (χ2v) is 4.78. The first kappa shape index (κ1) is 11.6. The molecular formula is C10H15F2NS. The lowest BCUT2D eigenvalue weighted by Crippen LogP contribution is -2.34. The molecule has 2 unspecified atom stereocenters. The van der Waals surface area contributed by atoms with Crippen LogP contribution in [0.3, 0.4) is 0 Å². The first-order valence-corrected chi connectivity index (χ1v) is 5.43. The molecule has 1 nitrogen and oxygen atoms in total. The van der Waals surface area contributed by atoms with Crippen molar-refractivity contribution in [2.75, 3.05) is 0 Å². The highest BCUT2D eigenvalue weighted by atomic mass is 32.1. The summed E-state index contributed by atoms with van der Waals surface area (Å²) in [5, 5.41) is 2.87. The van der Waals surface area contributed by atoms with Crippen LogP contribution in [0, 0.1) is 6.92 Å². The third-order valence-corrected chi connectivity index (χ3v) is 3.26. The molecule has 0 bridgehead atoms. The topological polar surface area (TPSA) is 12.0 Å². The molecule has 0 saturated heterocycles. The molecule has 0 amide bonds.